The van der Waals surface area contributed by atoms with Crippen LogP contribution in [0.15, 0.2) is 30.3 Å². The van der Waals surface area contributed by atoms with Crippen molar-refractivity contribution in [3.05, 3.63) is 47.0 Å². The fraction of sp³-hybridized carbons (Fsp3) is 0.188. The van der Waals surface area contributed by atoms with E-state index >= 15 is 0 Å². The Hall–Kier alpha value is -2.49. The van der Waals surface area contributed by atoms with E-state index in [1.54, 1.807) is 12.1 Å². The van der Waals surface area contributed by atoms with Crippen LogP contribution in [0.25, 0.3) is 0 Å². The summed E-state index contributed by atoms with van der Waals surface area (Å²) in [6, 6.07) is 9.61. The highest BCUT2D eigenvalue weighted by Gasteiger charge is 2.20. The summed E-state index contributed by atoms with van der Waals surface area (Å²) >= 11 is 0. The van der Waals surface area contributed by atoms with Crippen LogP contribution < -0.4 is 15.8 Å². The number of anilines is 2. The van der Waals surface area contributed by atoms with E-state index in [-0.39, 0.29) is 5.91 Å². The lowest BCUT2D eigenvalue weighted by Gasteiger charge is -2.13. The van der Waals surface area contributed by atoms with Gasteiger partial charge in [-0.05, 0) is 42.7 Å². The van der Waals surface area contributed by atoms with Crippen molar-refractivity contribution in [1.29, 1.82) is 0 Å². The van der Waals surface area contributed by atoms with E-state index in [2.05, 4.69) is 5.32 Å². The maximum atomic E-state index is 11.4. The first-order chi connectivity index (χ1) is 9.52. The van der Waals surface area contributed by atoms with Gasteiger partial charge in [0, 0.05) is 11.8 Å². The molecule has 3 rings (SSSR count). The lowest BCUT2D eigenvalue weighted by atomic mass is 10.1. The number of nitrogens with two attached hydrogens (primary N) is 1. The molecular weight excluding hydrogens is 252 g/mol. The Morgan fingerprint density at radius 3 is 2.75 bits per heavy atom. The molecule has 2 aromatic carbocycles. The van der Waals surface area contributed by atoms with Gasteiger partial charge in [0.15, 0.2) is 5.75 Å². The summed E-state index contributed by atoms with van der Waals surface area (Å²) in [5.41, 5.74) is 10.4. The first kappa shape index (κ1) is 12.5. The van der Waals surface area contributed by atoms with Crippen LogP contribution in [0.1, 0.15) is 16.7 Å². The molecule has 0 radical (unpaired) electrons. The third kappa shape index (κ3) is 2.20. The summed E-state index contributed by atoms with van der Waals surface area (Å²) in [5, 5.41) is 2.80. The van der Waals surface area contributed by atoms with Crippen molar-refractivity contribution in [1.82, 2.24) is 0 Å². The van der Waals surface area contributed by atoms with Crippen molar-refractivity contribution in [2.24, 2.45) is 0 Å². The molecule has 0 saturated carbocycles. The second-order valence-corrected chi connectivity index (χ2v) is 5.14. The zero-order chi connectivity index (χ0) is 14.3. The van der Waals surface area contributed by atoms with E-state index in [0.717, 1.165) is 28.1 Å². The minimum atomic E-state index is -0.0108. The largest absolute Gasteiger partial charge is 0.455 e. The third-order valence-corrected chi connectivity index (χ3v) is 3.42. The molecule has 102 valence electrons. The Morgan fingerprint density at radius 2 is 1.95 bits per heavy atom. The van der Waals surface area contributed by atoms with Crippen LogP contribution in [-0.4, -0.2) is 5.91 Å². The van der Waals surface area contributed by atoms with Crippen LogP contribution in [-0.2, 0) is 11.2 Å². The van der Waals surface area contributed by atoms with Crippen molar-refractivity contribution >= 4 is 17.3 Å². The number of fused-ring (bicyclic) bond motifs is 1. The first-order valence-electron chi connectivity index (χ1n) is 6.50. The van der Waals surface area contributed by atoms with Gasteiger partial charge in [-0.2, -0.15) is 0 Å². The molecule has 1 heterocycles. The van der Waals surface area contributed by atoms with Gasteiger partial charge in [0.2, 0.25) is 5.91 Å². The lowest BCUT2D eigenvalue weighted by molar-refractivity contribution is -0.115. The van der Waals surface area contributed by atoms with E-state index in [4.69, 9.17) is 10.5 Å². The molecule has 0 unspecified atom stereocenters. The van der Waals surface area contributed by atoms with Gasteiger partial charge in [-0.25, -0.2) is 0 Å². The van der Waals surface area contributed by atoms with Gasteiger partial charge >= 0.3 is 0 Å². The Morgan fingerprint density at radius 1 is 1.15 bits per heavy atom. The molecule has 0 atom stereocenters. The van der Waals surface area contributed by atoms with Crippen LogP contribution in [0.2, 0.25) is 0 Å². The topological polar surface area (TPSA) is 64.3 Å². The molecule has 1 aliphatic rings. The van der Waals surface area contributed by atoms with Crippen LogP contribution in [0, 0.1) is 13.8 Å². The quantitative estimate of drug-likeness (QED) is 0.822. The molecule has 0 aliphatic carbocycles. The minimum Gasteiger partial charge on any atom is -0.455 e. The van der Waals surface area contributed by atoms with Crippen LogP contribution in [0.4, 0.5) is 11.4 Å². The maximum Gasteiger partial charge on any atom is 0.228 e. The van der Waals surface area contributed by atoms with Gasteiger partial charge in [-0.15, -0.1) is 0 Å². The number of benzene rings is 2. The summed E-state index contributed by atoms with van der Waals surface area (Å²) in [6.07, 6.45) is 0.378. The lowest BCUT2D eigenvalue weighted by Crippen LogP contribution is -2.03. The Bertz CT molecular complexity index is 708. The fourth-order valence-corrected chi connectivity index (χ4v) is 2.30. The Balaban J connectivity index is 1.97. The maximum absolute atomic E-state index is 11.4. The van der Waals surface area contributed by atoms with E-state index in [1.165, 1.54) is 0 Å². The molecule has 20 heavy (non-hydrogen) atoms. The molecular formula is C16H16N2O2. The van der Waals surface area contributed by atoms with Crippen LogP contribution >= 0.6 is 0 Å². The number of hydrogen-bond donors (Lipinski definition) is 2. The summed E-state index contributed by atoms with van der Waals surface area (Å²) in [5.74, 6) is 1.34. The van der Waals surface area contributed by atoms with Gasteiger partial charge in [-0.3, -0.25) is 4.79 Å². The molecule has 1 aliphatic heterocycles. The Kier molecular flexibility index (Phi) is 2.86. The molecule has 0 bridgehead atoms. The number of carbonyl (C=O) groups excluding carboxylic acids is 1. The molecule has 4 heteroatoms. The highest BCUT2D eigenvalue weighted by molar-refractivity contribution is 6.00. The van der Waals surface area contributed by atoms with E-state index in [1.807, 2.05) is 32.0 Å². The molecule has 0 aromatic heterocycles. The zero-order valence-corrected chi connectivity index (χ0v) is 11.5. The number of rotatable bonds is 2. The van der Waals surface area contributed by atoms with Crippen molar-refractivity contribution in [2.75, 3.05) is 11.1 Å². The standard InChI is InChI=1S/C16H16N2O2/c1-9-3-4-10(2)14(5-9)20-15-8-13-11(6-12(15)17)7-16(19)18-13/h3-6,8H,7,17H2,1-2H3,(H,18,19). The van der Waals surface area contributed by atoms with Crippen molar-refractivity contribution < 1.29 is 9.53 Å². The molecule has 0 fully saturated rings. The average Bonchev–Trinajstić information content (AvgIpc) is 2.73. The highest BCUT2D eigenvalue weighted by Crippen LogP contribution is 2.36. The molecule has 1 amide bonds. The molecule has 0 saturated heterocycles. The van der Waals surface area contributed by atoms with E-state index in [0.29, 0.717) is 17.9 Å². The summed E-state index contributed by atoms with van der Waals surface area (Å²) in [6.45, 7) is 4.00. The minimum absolute atomic E-state index is 0.0108. The van der Waals surface area contributed by atoms with Crippen molar-refractivity contribution in [2.45, 2.75) is 20.3 Å². The van der Waals surface area contributed by atoms with Gasteiger partial charge in [0.1, 0.15) is 5.75 Å². The summed E-state index contributed by atoms with van der Waals surface area (Å²) in [7, 11) is 0. The normalized spacial score (nSPS) is 13.0. The molecule has 3 N–H and O–H groups in total. The average molecular weight is 268 g/mol. The predicted octanol–water partition coefficient (Wildman–Crippen LogP) is 3.17. The van der Waals surface area contributed by atoms with Crippen molar-refractivity contribution in [3.63, 3.8) is 0 Å². The summed E-state index contributed by atoms with van der Waals surface area (Å²) < 4.78 is 5.90. The second-order valence-electron chi connectivity index (χ2n) is 5.14. The Labute approximate surface area is 117 Å². The molecule has 0 spiro atoms. The number of carbonyl (C=O) groups is 1. The fourth-order valence-electron chi connectivity index (χ4n) is 2.30. The number of amides is 1. The van der Waals surface area contributed by atoms with Crippen LogP contribution in [0.3, 0.4) is 0 Å². The number of ether oxygens (including phenoxy) is 1. The van der Waals surface area contributed by atoms with E-state index in [9.17, 15) is 4.79 Å². The molecule has 2 aromatic rings. The van der Waals surface area contributed by atoms with Crippen LogP contribution in [0.5, 0.6) is 11.5 Å². The number of hydrogen-bond acceptors (Lipinski definition) is 3. The SMILES string of the molecule is Cc1ccc(C)c(Oc2cc3c(cc2N)CC(=O)N3)c1. The highest BCUT2D eigenvalue weighted by atomic mass is 16.5. The van der Waals surface area contributed by atoms with Gasteiger partial charge in [-0.1, -0.05) is 12.1 Å². The number of nitrogen functional groups attached to an aromatic ring is 1. The van der Waals surface area contributed by atoms with Crippen molar-refractivity contribution in [3.8, 4) is 11.5 Å². The van der Waals surface area contributed by atoms with Gasteiger partial charge in [0.05, 0.1) is 12.1 Å². The second kappa shape index (κ2) is 4.56. The van der Waals surface area contributed by atoms with Gasteiger partial charge < -0.3 is 15.8 Å². The van der Waals surface area contributed by atoms with E-state index < -0.39 is 0 Å². The smallest absolute Gasteiger partial charge is 0.228 e. The number of nitrogens with one attached hydrogen (secondary N) is 1. The monoisotopic (exact) mass is 268 g/mol. The summed E-state index contributed by atoms with van der Waals surface area (Å²) in [4.78, 5) is 11.4. The third-order valence-electron chi connectivity index (χ3n) is 3.42. The molecule has 4 nitrogen and oxygen atoms in total. The predicted molar refractivity (Wildman–Crippen MR) is 79.2 cm³/mol. The number of aryl methyl sites for hydroxylation is 2. The van der Waals surface area contributed by atoms with Gasteiger partial charge in [0.25, 0.3) is 0 Å². The first-order valence-corrected chi connectivity index (χ1v) is 6.50. The zero-order valence-electron chi connectivity index (χ0n) is 11.5.